The first-order valence-electron chi connectivity index (χ1n) is 12.5. The molecule has 4 aromatic rings. The summed E-state index contributed by atoms with van der Waals surface area (Å²) in [7, 11) is 0. The summed E-state index contributed by atoms with van der Waals surface area (Å²) >= 11 is 0. The van der Waals surface area contributed by atoms with E-state index in [9.17, 15) is 24.6 Å². The molecule has 0 saturated heterocycles. The molecule has 9 heteroatoms. The molecule has 0 saturated carbocycles. The zero-order valence-corrected chi connectivity index (χ0v) is 21.1. The highest BCUT2D eigenvalue weighted by Gasteiger charge is 2.25. The number of carboxylic acid groups (broad SMARTS) is 2. The number of amides is 1. The van der Waals surface area contributed by atoms with E-state index in [1.807, 2.05) is 84.9 Å². The number of rotatable bonds is 12. The quantitative estimate of drug-likeness (QED) is 0.219. The van der Waals surface area contributed by atoms with Gasteiger partial charge in [-0.3, -0.25) is 14.3 Å². The van der Waals surface area contributed by atoms with Gasteiger partial charge in [0, 0.05) is 18.0 Å². The fraction of sp³-hybridized carbons (Fsp3) is 0.200. The Morgan fingerprint density at radius 1 is 0.821 bits per heavy atom. The molecule has 0 bridgehead atoms. The topological polar surface area (TPSA) is 142 Å². The number of aliphatic hydroxyl groups is 1. The number of benzene rings is 3. The Bertz CT molecular complexity index is 1420. The first kappa shape index (κ1) is 27.3. The Hall–Kier alpha value is -4.76. The molecule has 0 radical (unpaired) electrons. The highest BCUT2D eigenvalue weighted by Crippen LogP contribution is 2.22. The molecule has 1 amide bonds. The second-order valence-electron chi connectivity index (χ2n) is 9.17. The molecule has 2 unspecified atom stereocenters. The normalized spacial score (nSPS) is 12.4. The molecule has 200 valence electrons. The molecule has 2 atom stereocenters. The molecule has 9 nitrogen and oxygen atoms in total. The maximum atomic E-state index is 13.4. The van der Waals surface area contributed by atoms with Crippen LogP contribution in [0.15, 0.2) is 91.0 Å². The molecule has 0 aliphatic rings. The summed E-state index contributed by atoms with van der Waals surface area (Å²) in [6.45, 7) is -0.0196. The van der Waals surface area contributed by atoms with Crippen LogP contribution < -0.4 is 5.32 Å². The van der Waals surface area contributed by atoms with Gasteiger partial charge in [0.1, 0.15) is 5.69 Å². The third-order valence-corrected chi connectivity index (χ3v) is 6.29. The number of nitrogens with zero attached hydrogens (tertiary/aromatic N) is 2. The van der Waals surface area contributed by atoms with E-state index in [0.29, 0.717) is 5.69 Å². The Labute approximate surface area is 225 Å². The number of aromatic nitrogens is 2. The van der Waals surface area contributed by atoms with Crippen molar-refractivity contribution in [1.29, 1.82) is 0 Å². The minimum Gasteiger partial charge on any atom is -0.481 e. The van der Waals surface area contributed by atoms with Crippen LogP contribution in [0, 0.1) is 0 Å². The summed E-state index contributed by atoms with van der Waals surface area (Å²) in [5.74, 6) is -2.95. The van der Waals surface area contributed by atoms with Gasteiger partial charge in [0.15, 0.2) is 6.10 Å². The van der Waals surface area contributed by atoms with Crippen molar-refractivity contribution in [3.63, 3.8) is 0 Å². The average Bonchev–Trinajstić information content (AvgIpc) is 3.38. The fourth-order valence-electron chi connectivity index (χ4n) is 4.29. The number of aliphatic carboxylic acids is 2. The molecule has 39 heavy (non-hydrogen) atoms. The van der Waals surface area contributed by atoms with E-state index >= 15 is 0 Å². The van der Waals surface area contributed by atoms with E-state index in [0.717, 1.165) is 22.3 Å². The standard InChI is InChI=1S/C30H29N3O6/c34-27(30(38)39)18-24(17-20-11-13-22(14-12-20)21-7-3-1-4-8-21)31-29(37)26-19-25(23-9-5-2-6-10-23)32-33(26)16-15-28(35)36/h1-14,19,24,27,34H,15-18H2,(H,31,37)(H,35,36)(H,38,39). The van der Waals surface area contributed by atoms with Crippen LogP contribution in [0.1, 0.15) is 28.9 Å². The number of carbonyl (C=O) groups is 3. The lowest BCUT2D eigenvalue weighted by Crippen LogP contribution is -2.41. The van der Waals surface area contributed by atoms with Crippen molar-refractivity contribution in [2.75, 3.05) is 0 Å². The van der Waals surface area contributed by atoms with Crippen LogP contribution in [-0.2, 0) is 22.6 Å². The zero-order valence-electron chi connectivity index (χ0n) is 21.1. The number of hydrogen-bond donors (Lipinski definition) is 4. The van der Waals surface area contributed by atoms with Gasteiger partial charge in [-0.1, -0.05) is 84.9 Å². The number of nitrogens with one attached hydrogen (secondary N) is 1. The van der Waals surface area contributed by atoms with Crippen molar-refractivity contribution >= 4 is 17.8 Å². The summed E-state index contributed by atoms with van der Waals surface area (Å²) < 4.78 is 1.34. The van der Waals surface area contributed by atoms with Gasteiger partial charge in [-0.15, -0.1) is 0 Å². The van der Waals surface area contributed by atoms with Crippen LogP contribution in [0.25, 0.3) is 22.4 Å². The number of hydrogen-bond acceptors (Lipinski definition) is 5. The van der Waals surface area contributed by atoms with Gasteiger partial charge in [-0.2, -0.15) is 5.10 Å². The van der Waals surface area contributed by atoms with Gasteiger partial charge >= 0.3 is 11.9 Å². The van der Waals surface area contributed by atoms with Crippen molar-refractivity contribution in [2.24, 2.45) is 0 Å². The molecular formula is C30H29N3O6. The van der Waals surface area contributed by atoms with Gasteiger partial charge in [0.05, 0.1) is 18.7 Å². The average molecular weight is 528 g/mol. The van der Waals surface area contributed by atoms with Crippen molar-refractivity contribution in [3.8, 4) is 22.4 Å². The van der Waals surface area contributed by atoms with Gasteiger partial charge in [-0.05, 0) is 29.2 Å². The van der Waals surface area contributed by atoms with Gasteiger partial charge in [0.2, 0.25) is 0 Å². The molecule has 0 aliphatic heterocycles. The van der Waals surface area contributed by atoms with Crippen LogP contribution in [0.4, 0.5) is 0 Å². The largest absolute Gasteiger partial charge is 0.481 e. The molecule has 1 aromatic heterocycles. The Kier molecular flexibility index (Phi) is 8.86. The lowest BCUT2D eigenvalue weighted by Gasteiger charge is -2.21. The molecular weight excluding hydrogens is 498 g/mol. The molecule has 0 aliphatic carbocycles. The highest BCUT2D eigenvalue weighted by atomic mass is 16.4. The predicted molar refractivity (Wildman–Crippen MR) is 145 cm³/mol. The monoisotopic (exact) mass is 527 g/mol. The third kappa shape index (κ3) is 7.39. The molecule has 0 fully saturated rings. The summed E-state index contributed by atoms with van der Waals surface area (Å²) in [5.41, 5.74) is 4.33. The maximum absolute atomic E-state index is 13.4. The third-order valence-electron chi connectivity index (χ3n) is 6.29. The van der Waals surface area contributed by atoms with E-state index in [1.165, 1.54) is 4.68 Å². The van der Waals surface area contributed by atoms with Crippen LogP contribution in [0.3, 0.4) is 0 Å². The first-order valence-corrected chi connectivity index (χ1v) is 12.5. The van der Waals surface area contributed by atoms with E-state index < -0.39 is 30.0 Å². The van der Waals surface area contributed by atoms with E-state index in [1.54, 1.807) is 6.07 Å². The molecule has 4 rings (SSSR count). The summed E-state index contributed by atoms with van der Waals surface area (Å²) in [5, 5.41) is 35.8. The molecule has 3 aromatic carbocycles. The van der Waals surface area contributed by atoms with E-state index in [4.69, 9.17) is 5.11 Å². The van der Waals surface area contributed by atoms with Crippen LogP contribution in [-0.4, -0.2) is 55.1 Å². The zero-order chi connectivity index (χ0) is 27.8. The second-order valence-corrected chi connectivity index (χ2v) is 9.17. The lowest BCUT2D eigenvalue weighted by molar-refractivity contribution is -0.147. The maximum Gasteiger partial charge on any atom is 0.332 e. The Morgan fingerprint density at radius 2 is 1.41 bits per heavy atom. The summed E-state index contributed by atoms with van der Waals surface area (Å²) in [6, 6.07) is 27.6. The van der Waals surface area contributed by atoms with Crippen LogP contribution in [0.5, 0.6) is 0 Å². The highest BCUT2D eigenvalue weighted by molar-refractivity contribution is 5.94. The first-order chi connectivity index (χ1) is 18.8. The minimum absolute atomic E-state index is 0.0196. The smallest absolute Gasteiger partial charge is 0.332 e. The number of aliphatic hydroxyl groups excluding tert-OH is 1. The Morgan fingerprint density at radius 3 is 2.00 bits per heavy atom. The predicted octanol–water partition coefficient (Wildman–Crippen LogP) is 3.87. The van der Waals surface area contributed by atoms with Gasteiger partial charge < -0.3 is 20.6 Å². The van der Waals surface area contributed by atoms with Crippen LogP contribution >= 0.6 is 0 Å². The van der Waals surface area contributed by atoms with Gasteiger partial charge in [0.25, 0.3) is 5.91 Å². The van der Waals surface area contributed by atoms with Crippen molar-refractivity contribution in [1.82, 2.24) is 15.1 Å². The summed E-state index contributed by atoms with van der Waals surface area (Å²) in [4.78, 5) is 36.0. The molecule has 4 N–H and O–H groups in total. The van der Waals surface area contributed by atoms with Crippen molar-refractivity contribution in [2.45, 2.75) is 38.0 Å². The van der Waals surface area contributed by atoms with Crippen molar-refractivity contribution < 1.29 is 29.7 Å². The fourth-order valence-corrected chi connectivity index (χ4v) is 4.29. The van der Waals surface area contributed by atoms with Crippen LogP contribution in [0.2, 0.25) is 0 Å². The number of aryl methyl sites for hydroxylation is 1. The second kappa shape index (κ2) is 12.7. The number of carboxylic acids is 2. The SMILES string of the molecule is O=C(O)CCn1nc(-c2ccccc2)cc1C(=O)NC(Cc1ccc(-c2ccccc2)cc1)CC(O)C(=O)O. The van der Waals surface area contributed by atoms with E-state index in [2.05, 4.69) is 10.4 Å². The van der Waals surface area contributed by atoms with Gasteiger partial charge in [-0.25, -0.2) is 4.79 Å². The Balaban J connectivity index is 1.57. The lowest BCUT2D eigenvalue weighted by atomic mass is 9.97. The van der Waals surface area contributed by atoms with Crippen molar-refractivity contribution in [3.05, 3.63) is 102 Å². The minimum atomic E-state index is -1.67. The molecule has 0 spiro atoms. The summed E-state index contributed by atoms with van der Waals surface area (Å²) in [6.07, 6.45) is -1.84. The molecule has 1 heterocycles. The van der Waals surface area contributed by atoms with E-state index in [-0.39, 0.29) is 31.5 Å². The number of carbonyl (C=O) groups excluding carboxylic acids is 1.